The van der Waals surface area contributed by atoms with Crippen molar-refractivity contribution in [3.8, 4) is 0 Å². The van der Waals surface area contributed by atoms with Crippen LogP contribution in [0.5, 0.6) is 0 Å². The second-order valence-corrected chi connectivity index (χ2v) is 24.6. The lowest BCUT2D eigenvalue weighted by Crippen LogP contribution is -2.61. The Kier molecular flexibility index (Phi) is 55.2. The molecule has 1 aliphatic rings. The van der Waals surface area contributed by atoms with Crippen LogP contribution in [0.3, 0.4) is 0 Å². The smallest absolute Gasteiger partial charge is 0.306 e. The summed E-state index contributed by atoms with van der Waals surface area (Å²) in [4.78, 5) is 26.6. The van der Waals surface area contributed by atoms with E-state index in [2.05, 4.69) is 26.1 Å². The third kappa shape index (κ3) is 44.9. The van der Waals surface area contributed by atoms with Crippen LogP contribution in [0.25, 0.3) is 0 Å². The average molecular weight is 1140 g/mol. The highest BCUT2D eigenvalue weighted by Crippen LogP contribution is 2.26. The highest BCUT2D eigenvalue weighted by Gasteiger charge is 2.47. The minimum atomic E-state index is -1.61. The number of carbonyl (C=O) groups excluding carboxylic acids is 2. The van der Waals surface area contributed by atoms with Crippen molar-refractivity contribution in [3.63, 3.8) is 0 Å². The zero-order chi connectivity index (χ0) is 58.2. The maximum Gasteiger partial charge on any atom is 0.306 e. The molecule has 0 spiro atoms. The number of amides is 1. The van der Waals surface area contributed by atoms with Gasteiger partial charge in [-0.05, 0) is 25.7 Å². The van der Waals surface area contributed by atoms with Gasteiger partial charge < -0.3 is 45.1 Å². The second-order valence-electron chi connectivity index (χ2n) is 24.6. The molecule has 0 bridgehead atoms. The van der Waals surface area contributed by atoms with E-state index in [0.717, 1.165) is 57.8 Å². The lowest BCUT2D eigenvalue weighted by Gasteiger charge is -2.41. The van der Waals surface area contributed by atoms with E-state index in [1.165, 1.54) is 250 Å². The van der Waals surface area contributed by atoms with Crippen LogP contribution in [0.1, 0.15) is 355 Å². The summed E-state index contributed by atoms with van der Waals surface area (Å²) in [6.07, 6.45) is 57.0. The van der Waals surface area contributed by atoms with Gasteiger partial charge in [-0.2, -0.15) is 0 Å². The molecule has 1 rings (SSSR count). The first-order chi connectivity index (χ1) is 39.2. The van der Waals surface area contributed by atoms with Crippen LogP contribution >= 0.6 is 0 Å². The number of aliphatic hydroxyl groups excluding tert-OH is 5. The Morgan fingerprint density at radius 3 is 1.18 bits per heavy atom. The maximum absolute atomic E-state index is 13.5. The Hall–Kier alpha value is -1.60. The van der Waals surface area contributed by atoms with E-state index in [1.54, 1.807) is 6.08 Å². The van der Waals surface area contributed by atoms with Crippen molar-refractivity contribution >= 4 is 11.9 Å². The van der Waals surface area contributed by atoms with Crippen LogP contribution in [0.15, 0.2) is 12.2 Å². The van der Waals surface area contributed by atoms with E-state index >= 15 is 0 Å². The number of hydrogen-bond acceptors (Lipinski definition) is 10. The molecule has 0 aromatic heterocycles. The molecule has 1 amide bonds. The van der Waals surface area contributed by atoms with Crippen LogP contribution in [0, 0.1) is 0 Å². The van der Waals surface area contributed by atoms with Gasteiger partial charge in [-0.25, -0.2) is 0 Å². The fourth-order valence-electron chi connectivity index (χ4n) is 11.4. The Morgan fingerprint density at radius 2 is 0.812 bits per heavy atom. The SMILES string of the molecule is CCCCCCCCCCC/C=C/C(O)C(COC1OC(CO)C(O)C(O)C1OC(=O)CCCCCCCCCCCCCCCC)NC(=O)C(O)CCCCCCCCCCCCCCCCCCCCCCCCCCCC. The number of nitrogens with one attached hydrogen (secondary N) is 1. The van der Waals surface area contributed by atoms with Crippen LogP contribution in [-0.2, 0) is 23.8 Å². The molecule has 1 heterocycles. The van der Waals surface area contributed by atoms with Crippen LogP contribution in [0.2, 0.25) is 0 Å². The van der Waals surface area contributed by atoms with Gasteiger partial charge in [0.25, 0.3) is 0 Å². The largest absolute Gasteiger partial charge is 0.454 e. The van der Waals surface area contributed by atoms with Gasteiger partial charge in [0, 0.05) is 6.42 Å². The molecule has 11 nitrogen and oxygen atoms in total. The number of allylic oxidation sites excluding steroid dienone is 1. The van der Waals surface area contributed by atoms with E-state index < -0.39 is 67.4 Å². The van der Waals surface area contributed by atoms with Crippen molar-refractivity contribution in [2.45, 2.75) is 404 Å². The van der Waals surface area contributed by atoms with Gasteiger partial charge in [0.05, 0.1) is 25.4 Å². The van der Waals surface area contributed by atoms with Gasteiger partial charge in [0.15, 0.2) is 12.4 Å². The molecule has 0 aromatic carbocycles. The highest BCUT2D eigenvalue weighted by molar-refractivity contribution is 5.80. The normalized spacial score (nSPS) is 18.7. The second kappa shape index (κ2) is 57.8. The lowest BCUT2D eigenvalue weighted by atomic mass is 9.99. The first kappa shape index (κ1) is 76.4. The molecule has 0 aromatic rings. The molecule has 80 heavy (non-hydrogen) atoms. The predicted molar refractivity (Wildman–Crippen MR) is 334 cm³/mol. The minimum absolute atomic E-state index is 0.131. The molecule has 8 atom stereocenters. The van der Waals surface area contributed by atoms with Crippen molar-refractivity contribution in [3.05, 3.63) is 12.2 Å². The first-order valence-corrected chi connectivity index (χ1v) is 35.0. The fourth-order valence-corrected chi connectivity index (χ4v) is 11.4. The lowest BCUT2D eigenvalue weighted by molar-refractivity contribution is -0.305. The zero-order valence-corrected chi connectivity index (χ0v) is 52.7. The molecule has 1 fully saturated rings. The molecular weight excluding hydrogens is 1000 g/mol. The van der Waals surface area contributed by atoms with Gasteiger partial charge in [-0.3, -0.25) is 9.59 Å². The summed E-state index contributed by atoms with van der Waals surface area (Å²) < 4.78 is 17.7. The number of unbranched alkanes of at least 4 members (excludes halogenated alkanes) is 47. The molecule has 1 saturated heterocycles. The van der Waals surface area contributed by atoms with Crippen LogP contribution in [-0.4, -0.2) is 99.6 Å². The van der Waals surface area contributed by atoms with Crippen molar-refractivity contribution in [2.24, 2.45) is 0 Å². The van der Waals surface area contributed by atoms with E-state index in [-0.39, 0.29) is 13.0 Å². The van der Waals surface area contributed by atoms with E-state index in [4.69, 9.17) is 14.2 Å². The number of hydrogen-bond donors (Lipinski definition) is 6. The average Bonchev–Trinajstić information content (AvgIpc) is 3.51. The molecule has 1 aliphatic heterocycles. The van der Waals surface area contributed by atoms with E-state index in [1.807, 2.05) is 6.08 Å². The summed E-state index contributed by atoms with van der Waals surface area (Å²) in [5.74, 6) is -1.17. The number of rotatable bonds is 61. The third-order valence-electron chi connectivity index (χ3n) is 16.9. The van der Waals surface area contributed by atoms with Crippen LogP contribution in [0.4, 0.5) is 0 Å². The van der Waals surface area contributed by atoms with Crippen molar-refractivity contribution in [1.29, 1.82) is 0 Å². The Labute approximate surface area is 493 Å². The highest BCUT2D eigenvalue weighted by atomic mass is 16.7. The fraction of sp³-hybridized carbons (Fsp3) is 0.942. The molecular formula is C69H133NO10. The van der Waals surface area contributed by atoms with Crippen molar-refractivity contribution in [1.82, 2.24) is 5.32 Å². The molecule has 6 N–H and O–H groups in total. The van der Waals surface area contributed by atoms with Gasteiger partial charge in [-0.15, -0.1) is 0 Å². The van der Waals surface area contributed by atoms with Gasteiger partial charge in [0.2, 0.25) is 5.91 Å². The molecule has 8 unspecified atom stereocenters. The summed E-state index contributed by atoms with van der Waals surface area (Å²) in [7, 11) is 0. The Balaban J connectivity index is 2.51. The number of carbonyl (C=O) groups is 2. The molecule has 474 valence electrons. The number of esters is 1. The topological polar surface area (TPSA) is 175 Å². The molecule has 0 radical (unpaired) electrons. The summed E-state index contributed by atoms with van der Waals surface area (Å²) >= 11 is 0. The van der Waals surface area contributed by atoms with Gasteiger partial charge in [-0.1, -0.05) is 335 Å². The third-order valence-corrected chi connectivity index (χ3v) is 16.9. The number of aliphatic hydroxyl groups is 5. The quantitative estimate of drug-likeness (QED) is 0.0195. The summed E-state index contributed by atoms with van der Waals surface area (Å²) in [5, 5.41) is 57.1. The minimum Gasteiger partial charge on any atom is -0.454 e. The standard InChI is InChI=1S/C69H133NO10/c1-4-7-10-13-16-19-22-24-26-27-28-29-30-31-32-33-34-35-36-37-38-41-44-47-50-53-56-62(73)68(77)70-60(61(72)55-52-49-46-43-40-21-18-15-12-9-6-3)59-78-69-67(66(76)65(75)63(58-71)79-69)80-64(74)57-54-51-48-45-42-39-25-23-20-17-14-11-8-5-2/h52,55,60-63,65-67,69,71-73,75-76H,4-51,53-54,56-59H2,1-3H3,(H,70,77)/b55-52+. The summed E-state index contributed by atoms with van der Waals surface area (Å²) in [6.45, 7) is 5.84. The first-order valence-electron chi connectivity index (χ1n) is 35.0. The van der Waals surface area contributed by atoms with E-state index in [0.29, 0.717) is 19.3 Å². The Bertz CT molecular complexity index is 1350. The van der Waals surface area contributed by atoms with Gasteiger partial charge in [0.1, 0.15) is 24.4 Å². The molecule has 0 aliphatic carbocycles. The Morgan fingerprint density at radius 1 is 0.475 bits per heavy atom. The van der Waals surface area contributed by atoms with Gasteiger partial charge >= 0.3 is 5.97 Å². The van der Waals surface area contributed by atoms with Crippen LogP contribution < -0.4 is 5.32 Å². The van der Waals surface area contributed by atoms with Crippen molar-refractivity contribution in [2.75, 3.05) is 13.2 Å². The maximum atomic E-state index is 13.5. The van der Waals surface area contributed by atoms with Crippen molar-refractivity contribution < 1.29 is 49.3 Å². The number of ether oxygens (including phenoxy) is 3. The monoisotopic (exact) mass is 1140 g/mol. The zero-order valence-electron chi connectivity index (χ0n) is 52.7. The molecule has 11 heteroatoms. The summed E-state index contributed by atoms with van der Waals surface area (Å²) in [6, 6.07) is -1.02. The predicted octanol–water partition coefficient (Wildman–Crippen LogP) is 17.5. The summed E-state index contributed by atoms with van der Waals surface area (Å²) in [5.41, 5.74) is 0. The van der Waals surface area contributed by atoms with E-state index in [9.17, 15) is 35.1 Å². The molecule has 0 saturated carbocycles.